The van der Waals surface area contributed by atoms with E-state index in [4.69, 9.17) is 11.6 Å². The minimum Gasteiger partial charge on any atom is -0.344 e. The maximum absolute atomic E-state index is 13.8. The second kappa shape index (κ2) is 6.53. The smallest absolute Gasteiger partial charge is 0.254 e. The van der Waals surface area contributed by atoms with E-state index < -0.39 is 11.7 Å². The van der Waals surface area contributed by atoms with Crippen molar-refractivity contribution < 1.29 is 9.18 Å². The van der Waals surface area contributed by atoms with Crippen LogP contribution in [0.1, 0.15) is 27.5 Å². The van der Waals surface area contributed by atoms with Crippen LogP contribution in [0.2, 0.25) is 0 Å². The number of rotatable bonds is 4. The van der Waals surface area contributed by atoms with Crippen LogP contribution in [0.15, 0.2) is 48.5 Å². The molecule has 0 fully saturated rings. The fourth-order valence-electron chi connectivity index (χ4n) is 1.94. The highest BCUT2D eigenvalue weighted by Crippen LogP contribution is 2.16. The van der Waals surface area contributed by atoms with Crippen molar-refractivity contribution in [3.8, 4) is 0 Å². The number of carbonyl (C=O) groups excluding carboxylic acids is 1. The van der Waals surface area contributed by atoms with Gasteiger partial charge in [0.25, 0.3) is 5.91 Å². The molecule has 0 aliphatic rings. The Morgan fingerprint density at radius 3 is 2.55 bits per heavy atom. The summed E-state index contributed by atoms with van der Waals surface area (Å²) in [6, 6.07) is 13.6. The number of alkyl halides is 1. The monoisotopic (exact) mass is 291 g/mol. The summed E-state index contributed by atoms with van der Waals surface area (Å²) in [7, 11) is 0. The second-order valence-corrected chi connectivity index (χ2v) is 4.88. The van der Waals surface area contributed by atoms with Crippen molar-refractivity contribution in [1.82, 2.24) is 5.32 Å². The van der Waals surface area contributed by atoms with Gasteiger partial charge in [-0.15, -0.1) is 11.6 Å². The van der Waals surface area contributed by atoms with Gasteiger partial charge in [0.05, 0.1) is 11.6 Å². The molecule has 2 aromatic rings. The number of amides is 1. The Morgan fingerprint density at radius 2 is 1.95 bits per heavy atom. The van der Waals surface area contributed by atoms with E-state index >= 15 is 0 Å². The summed E-state index contributed by atoms with van der Waals surface area (Å²) >= 11 is 5.89. The summed E-state index contributed by atoms with van der Waals surface area (Å²) in [6.07, 6.45) is 0. The van der Waals surface area contributed by atoms with Gasteiger partial charge in [-0.2, -0.15) is 0 Å². The van der Waals surface area contributed by atoms with Crippen LogP contribution in [-0.2, 0) is 0 Å². The number of benzene rings is 2. The third-order valence-electron chi connectivity index (χ3n) is 3.03. The zero-order valence-corrected chi connectivity index (χ0v) is 11.8. The number of aryl methyl sites for hydroxylation is 1. The van der Waals surface area contributed by atoms with Gasteiger partial charge in [0, 0.05) is 5.88 Å². The van der Waals surface area contributed by atoms with Crippen molar-refractivity contribution in [2.75, 3.05) is 5.88 Å². The van der Waals surface area contributed by atoms with Gasteiger partial charge in [-0.1, -0.05) is 36.4 Å². The molecule has 2 rings (SSSR count). The first-order chi connectivity index (χ1) is 9.61. The van der Waals surface area contributed by atoms with Crippen LogP contribution in [-0.4, -0.2) is 11.8 Å². The third-order valence-corrected chi connectivity index (χ3v) is 3.34. The van der Waals surface area contributed by atoms with Crippen LogP contribution in [0, 0.1) is 12.7 Å². The molecule has 0 saturated heterocycles. The zero-order chi connectivity index (χ0) is 14.5. The quantitative estimate of drug-likeness (QED) is 0.852. The normalized spacial score (nSPS) is 11.9. The van der Waals surface area contributed by atoms with E-state index in [1.165, 1.54) is 12.1 Å². The number of hydrogen-bond acceptors (Lipinski definition) is 1. The molecule has 0 aromatic heterocycles. The van der Waals surface area contributed by atoms with Gasteiger partial charge in [-0.3, -0.25) is 4.79 Å². The zero-order valence-electron chi connectivity index (χ0n) is 11.1. The Hall–Kier alpha value is -1.87. The number of carbonyl (C=O) groups is 1. The fraction of sp³-hybridized carbons (Fsp3) is 0.188. The highest BCUT2D eigenvalue weighted by molar-refractivity contribution is 6.18. The van der Waals surface area contributed by atoms with Crippen LogP contribution in [0.25, 0.3) is 0 Å². The van der Waals surface area contributed by atoms with Crippen molar-refractivity contribution in [2.45, 2.75) is 13.0 Å². The van der Waals surface area contributed by atoms with E-state index in [1.54, 1.807) is 13.0 Å². The van der Waals surface area contributed by atoms with Crippen molar-refractivity contribution in [2.24, 2.45) is 0 Å². The predicted octanol–water partition coefficient (Wildman–Crippen LogP) is 3.84. The SMILES string of the molecule is Cc1ccc(C(=O)NC(CCl)c2ccccc2)c(F)c1. The Kier molecular flexibility index (Phi) is 4.74. The molecule has 20 heavy (non-hydrogen) atoms. The Balaban J connectivity index is 2.17. The Labute approximate surface area is 122 Å². The standard InChI is InChI=1S/C16H15ClFNO/c1-11-7-8-13(14(18)9-11)16(20)19-15(10-17)12-5-3-2-4-6-12/h2-9,15H,10H2,1H3,(H,19,20). The number of halogens is 2. The molecule has 4 heteroatoms. The molecule has 0 aliphatic carbocycles. The lowest BCUT2D eigenvalue weighted by molar-refractivity contribution is 0.0936. The molecule has 0 spiro atoms. The lowest BCUT2D eigenvalue weighted by Gasteiger charge is -2.16. The molecule has 0 radical (unpaired) electrons. The van der Waals surface area contributed by atoms with E-state index in [0.717, 1.165) is 11.1 Å². The van der Waals surface area contributed by atoms with Gasteiger partial charge in [-0.25, -0.2) is 4.39 Å². The maximum Gasteiger partial charge on any atom is 0.254 e. The average Bonchev–Trinajstić information content (AvgIpc) is 2.45. The fourth-order valence-corrected chi connectivity index (χ4v) is 2.19. The molecule has 2 nitrogen and oxygen atoms in total. The first kappa shape index (κ1) is 14.5. The van der Waals surface area contributed by atoms with E-state index in [2.05, 4.69) is 5.32 Å². The average molecular weight is 292 g/mol. The minimum atomic E-state index is -0.524. The lowest BCUT2D eigenvalue weighted by Crippen LogP contribution is -2.30. The minimum absolute atomic E-state index is 0.0293. The molecule has 0 heterocycles. The summed E-state index contributed by atoms with van der Waals surface area (Å²) in [4.78, 5) is 12.1. The Morgan fingerprint density at radius 1 is 1.25 bits per heavy atom. The molecule has 1 N–H and O–H groups in total. The van der Waals surface area contributed by atoms with Crippen LogP contribution >= 0.6 is 11.6 Å². The first-order valence-corrected chi connectivity index (χ1v) is 6.83. The number of nitrogens with one attached hydrogen (secondary N) is 1. The van der Waals surface area contributed by atoms with Gasteiger partial charge >= 0.3 is 0 Å². The molecule has 2 aromatic carbocycles. The predicted molar refractivity (Wildman–Crippen MR) is 78.5 cm³/mol. The topological polar surface area (TPSA) is 29.1 Å². The van der Waals surface area contributed by atoms with Crippen LogP contribution in [0.4, 0.5) is 4.39 Å². The van der Waals surface area contributed by atoms with Crippen LogP contribution in [0.5, 0.6) is 0 Å². The molecular weight excluding hydrogens is 277 g/mol. The van der Waals surface area contributed by atoms with Crippen molar-refractivity contribution in [1.29, 1.82) is 0 Å². The maximum atomic E-state index is 13.8. The van der Waals surface area contributed by atoms with E-state index in [1.807, 2.05) is 30.3 Å². The largest absolute Gasteiger partial charge is 0.344 e. The first-order valence-electron chi connectivity index (χ1n) is 6.29. The summed E-state index contributed by atoms with van der Waals surface area (Å²) < 4.78 is 13.8. The molecule has 0 bridgehead atoms. The van der Waals surface area contributed by atoms with E-state index in [-0.39, 0.29) is 17.5 Å². The summed E-state index contributed by atoms with van der Waals surface area (Å²) in [6.45, 7) is 1.77. The second-order valence-electron chi connectivity index (χ2n) is 4.57. The number of hydrogen-bond donors (Lipinski definition) is 1. The van der Waals surface area contributed by atoms with Gasteiger partial charge in [-0.05, 0) is 30.2 Å². The molecular formula is C16H15ClFNO. The summed E-state index contributed by atoms with van der Waals surface area (Å²) in [5.41, 5.74) is 1.70. The summed E-state index contributed by atoms with van der Waals surface area (Å²) in [5, 5.41) is 2.75. The van der Waals surface area contributed by atoms with Crippen molar-refractivity contribution >= 4 is 17.5 Å². The highest BCUT2D eigenvalue weighted by atomic mass is 35.5. The molecule has 1 amide bonds. The van der Waals surface area contributed by atoms with Crippen molar-refractivity contribution in [3.05, 3.63) is 71.0 Å². The molecule has 104 valence electrons. The molecule has 1 atom stereocenters. The molecule has 0 saturated carbocycles. The van der Waals surface area contributed by atoms with E-state index in [0.29, 0.717) is 0 Å². The molecule has 0 aliphatic heterocycles. The van der Waals surface area contributed by atoms with Gasteiger partial charge in [0.2, 0.25) is 0 Å². The van der Waals surface area contributed by atoms with Gasteiger partial charge in [0.15, 0.2) is 0 Å². The lowest BCUT2D eigenvalue weighted by atomic mass is 10.1. The van der Waals surface area contributed by atoms with E-state index in [9.17, 15) is 9.18 Å². The summed E-state index contributed by atoms with van der Waals surface area (Å²) in [5.74, 6) is -0.760. The van der Waals surface area contributed by atoms with Crippen LogP contribution in [0.3, 0.4) is 0 Å². The third kappa shape index (κ3) is 3.36. The van der Waals surface area contributed by atoms with Gasteiger partial charge < -0.3 is 5.32 Å². The molecule has 1 unspecified atom stereocenters. The van der Waals surface area contributed by atoms with Gasteiger partial charge in [0.1, 0.15) is 5.82 Å². The Bertz CT molecular complexity index is 601. The van der Waals surface area contributed by atoms with Crippen LogP contribution < -0.4 is 5.32 Å². The highest BCUT2D eigenvalue weighted by Gasteiger charge is 2.17. The van der Waals surface area contributed by atoms with Crippen molar-refractivity contribution in [3.63, 3.8) is 0 Å².